The maximum Gasteiger partial charge on any atom is 0.221 e. The fourth-order valence-electron chi connectivity index (χ4n) is 5.04. The molecule has 2 aliphatic heterocycles. The summed E-state index contributed by atoms with van der Waals surface area (Å²) in [5.74, 6) is 0. The first-order valence-electron chi connectivity index (χ1n) is 11.6. The third-order valence-electron chi connectivity index (χ3n) is 6.99. The predicted molar refractivity (Wildman–Crippen MR) is 127 cm³/mol. The van der Waals surface area contributed by atoms with Gasteiger partial charge in [0.2, 0.25) is 10.0 Å². The summed E-state index contributed by atoms with van der Waals surface area (Å²) in [5.41, 5.74) is 3.07. The molecule has 9 heteroatoms. The Morgan fingerprint density at radius 3 is 2.33 bits per heavy atom. The molecule has 1 unspecified atom stereocenters. The number of tetrazole rings is 1. The fraction of sp³-hybridized carbons (Fsp3) is 0.458. The van der Waals surface area contributed by atoms with Crippen LogP contribution >= 0.6 is 0 Å². The molecule has 0 bridgehead atoms. The van der Waals surface area contributed by atoms with Crippen LogP contribution in [0.4, 0.5) is 5.69 Å². The van der Waals surface area contributed by atoms with E-state index < -0.39 is 15.3 Å². The van der Waals surface area contributed by atoms with E-state index >= 15 is 0 Å². The van der Waals surface area contributed by atoms with Crippen LogP contribution in [0.15, 0.2) is 60.9 Å². The quantitative estimate of drug-likeness (QED) is 0.572. The van der Waals surface area contributed by atoms with Gasteiger partial charge in [-0.25, -0.2) is 8.42 Å². The molecule has 3 heterocycles. The van der Waals surface area contributed by atoms with Crippen LogP contribution in [0.25, 0.3) is 0 Å². The van der Waals surface area contributed by atoms with E-state index in [9.17, 15) is 8.42 Å². The van der Waals surface area contributed by atoms with Crippen LogP contribution in [0, 0.1) is 0 Å². The molecular weight excluding hydrogens is 436 g/mol. The van der Waals surface area contributed by atoms with Gasteiger partial charge in [-0.15, -0.1) is 10.2 Å². The minimum atomic E-state index is -3.42. The van der Waals surface area contributed by atoms with E-state index in [1.165, 1.54) is 12.0 Å². The molecule has 2 atom stereocenters. The highest BCUT2D eigenvalue weighted by atomic mass is 32.2. The Bertz CT molecular complexity index is 1140. The van der Waals surface area contributed by atoms with Gasteiger partial charge in [-0.05, 0) is 61.1 Å². The molecular formula is C24H30N6O2S. The summed E-state index contributed by atoms with van der Waals surface area (Å²) in [7, 11) is -3.42. The molecule has 174 valence electrons. The minimum absolute atomic E-state index is 0.000869. The second-order valence-electron chi connectivity index (χ2n) is 9.06. The van der Waals surface area contributed by atoms with Crippen molar-refractivity contribution >= 4 is 15.7 Å². The van der Waals surface area contributed by atoms with E-state index in [0.717, 1.165) is 43.5 Å². The van der Waals surface area contributed by atoms with Crippen LogP contribution in [0.2, 0.25) is 0 Å². The van der Waals surface area contributed by atoms with Crippen molar-refractivity contribution in [1.29, 1.82) is 0 Å². The van der Waals surface area contributed by atoms with E-state index in [4.69, 9.17) is 0 Å². The van der Waals surface area contributed by atoms with Crippen LogP contribution in [-0.4, -0.2) is 52.1 Å². The zero-order valence-corrected chi connectivity index (χ0v) is 19.7. The van der Waals surface area contributed by atoms with Crippen molar-refractivity contribution in [3.05, 3.63) is 72.1 Å². The van der Waals surface area contributed by atoms with Gasteiger partial charge in [-0.1, -0.05) is 42.5 Å². The van der Waals surface area contributed by atoms with Gasteiger partial charge in [-0.2, -0.15) is 9.10 Å². The largest absolute Gasteiger partial charge is 0.371 e. The number of benzene rings is 2. The second kappa shape index (κ2) is 9.23. The Morgan fingerprint density at radius 1 is 0.939 bits per heavy atom. The molecule has 5 rings (SSSR count). The second-order valence-corrected chi connectivity index (χ2v) is 11.1. The van der Waals surface area contributed by atoms with Gasteiger partial charge >= 0.3 is 0 Å². The number of hydrogen-bond acceptors (Lipinski definition) is 6. The topological polar surface area (TPSA) is 84.2 Å². The first kappa shape index (κ1) is 22.0. The number of piperidine rings is 1. The van der Waals surface area contributed by atoms with Crippen molar-refractivity contribution in [2.45, 2.75) is 56.5 Å². The Balaban J connectivity index is 1.26. The molecule has 2 saturated heterocycles. The molecule has 3 aromatic rings. The van der Waals surface area contributed by atoms with E-state index in [1.54, 1.807) is 9.10 Å². The average Bonchev–Trinajstić information content (AvgIpc) is 3.38. The van der Waals surface area contributed by atoms with Crippen molar-refractivity contribution in [3.63, 3.8) is 0 Å². The zero-order chi connectivity index (χ0) is 22.8. The first-order chi connectivity index (χ1) is 16.0. The summed E-state index contributed by atoms with van der Waals surface area (Å²) in [4.78, 5) is 4.08. The maximum atomic E-state index is 13.5. The van der Waals surface area contributed by atoms with Crippen molar-refractivity contribution in [1.82, 2.24) is 24.5 Å². The van der Waals surface area contributed by atoms with E-state index in [2.05, 4.69) is 44.6 Å². The zero-order valence-electron chi connectivity index (χ0n) is 18.9. The lowest BCUT2D eigenvalue weighted by Gasteiger charge is -2.37. The minimum Gasteiger partial charge on any atom is -0.371 e. The molecule has 0 saturated carbocycles. The first-order valence-corrected chi connectivity index (χ1v) is 13.1. The van der Waals surface area contributed by atoms with Crippen LogP contribution < -0.4 is 4.90 Å². The highest BCUT2D eigenvalue weighted by Gasteiger charge is 2.40. The smallest absolute Gasteiger partial charge is 0.221 e. The SMILES string of the molecule is C[C@H]1CCC(c2ccccc2)S(=O)(=O)N1Cc1ccc(N2CCC(n3ncnn3)CC2)cc1. The van der Waals surface area contributed by atoms with Gasteiger partial charge in [-0.3, -0.25) is 0 Å². The van der Waals surface area contributed by atoms with Gasteiger partial charge in [0.1, 0.15) is 5.25 Å². The molecule has 0 aliphatic carbocycles. The highest BCUT2D eigenvalue weighted by molar-refractivity contribution is 7.89. The number of nitrogens with zero attached hydrogens (tertiary/aromatic N) is 6. The van der Waals surface area contributed by atoms with Gasteiger partial charge in [0.05, 0.1) is 6.04 Å². The average molecular weight is 467 g/mol. The maximum absolute atomic E-state index is 13.5. The highest BCUT2D eigenvalue weighted by Crippen LogP contribution is 2.38. The molecule has 1 aromatic heterocycles. The van der Waals surface area contributed by atoms with E-state index in [1.807, 2.05) is 37.3 Å². The molecule has 2 fully saturated rings. The normalized spacial score (nSPS) is 24.1. The third-order valence-corrected chi connectivity index (χ3v) is 9.36. The lowest BCUT2D eigenvalue weighted by Crippen LogP contribution is -2.44. The lowest BCUT2D eigenvalue weighted by molar-refractivity contribution is 0.282. The number of rotatable bonds is 5. The summed E-state index contributed by atoms with van der Waals surface area (Å²) in [6, 6.07) is 18.2. The lowest BCUT2D eigenvalue weighted by atomic mass is 10.0. The van der Waals surface area contributed by atoms with Crippen molar-refractivity contribution in [3.8, 4) is 0 Å². The van der Waals surface area contributed by atoms with Crippen molar-refractivity contribution < 1.29 is 8.42 Å². The fourth-order valence-corrected chi connectivity index (χ4v) is 7.24. The van der Waals surface area contributed by atoms with Crippen LogP contribution in [0.3, 0.4) is 0 Å². The Hall–Kier alpha value is -2.78. The molecule has 2 aromatic carbocycles. The van der Waals surface area contributed by atoms with E-state index in [0.29, 0.717) is 19.0 Å². The van der Waals surface area contributed by atoms with Gasteiger partial charge in [0, 0.05) is 31.4 Å². The predicted octanol–water partition coefficient (Wildman–Crippen LogP) is 3.57. The summed E-state index contributed by atoms with van der Waals surface area (Å²) >= 11 is 0. The van der Waals surface area contributed by atoms with Crippen LogP contribution in [-0.2, 0) is 16.6 Å². The molecule has 0 radical (unpaired) electrons. The molecule has 0 amide bonds. The number of aromatic nitrogens is 4. The number of hydrogen-bond donors (Lipinski definition) is 0. The van der Waals surface area contributed by atoms with Crippen molar-refractivity contribution in [2.24, 2.45) is 0 Å². The molecule has 8 nitrogen and oxygen atoms in total. The molecule has 0 N–H and O–H groups in total. The number of anilines is 1. The summed E-state index contributed by atoms with van der Waals surface area (Å²) in [6.07, 6.45) is 4.97. The van der Waals surface area contributed by atoms with Gasteiger partial charge < -0.3 is 4.90 Å². The standard InChI is InChI=1S/C24H30N6O2S/c1-19-7-12-24(21-5-3-2-4-6-21)33(31,32)29(19)17-20-8-10-22(11-9-20)28-15-13-23(14-16-28)30-26-18-25-27-30/h2-6,8-11,18-19,23-24H,7,12-17H2,1H3/t19-,24?/m0/s1. The molecule has 0 spiro atoms. The Labute approximate surface area is 195 Å². The van der Waals surface area contributed by atoms with Crippen LogP contribution in [0.1, 0.15) is 55.0 Å². The third kappa shape index (κ3) is 4.52. The Morgan fingerprint density at radius 2 is 1.67 bits per heavy atom. The monoisotopic (exact) mass is 466 g/mol. The number of sulfonamides is 1. The van der Waals surface area contributed by atoms with E-state index in [-0.39, 0.29) is 6.04 Å². The summed E-state index contributed by atoms with van der Waals surface area (Å²) in [5, 5.41) is 11.5. The molecule has 2 aliphatic rings. The summed E-state index contributed by atoms with van der Waals surface area (Å²) < 4.78 is 28.6. The Kier molecular flexibility index (Phi) is 6.16. The van der Waals surface area contributed by atoms with Crippen LogP contribution in [0.5, 0.6) is 0 Å². The van der Waals surface area contributed by atoms with Crippen molar-refractivity contribution in [2.75, 3.05) is 18.0 Å². The summed E-state index contributed by atoms with van der Waals surface area (Å²) in [6.45, 7) is 4.29. The molecule has 33 heavy (non-hydrogen) atoms. The van der Waals surface area contributed by atoms with Gasteiger partial charge in [0.15, 0.2) is 6.33 Å². The van der Waals surface area contributed by atoms with Gasteiger partial charge in [0.25, 0.3) is 0 Å².